The van der Waals surface area contributed by atoms with Gasteiger partial charge in [0.2, 0.25) is 0 Å². The third kappa shape index (κ3) is 2.49. The molecule has 1 heterocycles. The first-order valence-electron chi connectivity index (χ1n) is 6.63. The summed E-state index contributed by atoms with van der Waals surface area (Å²) in [5.74, 6) is 1.24. The first-order valence-corrected chi connectivity index (χ1v) is 8.45. The highest BCUT2D eigenvalue weighted by Crippen LogP contribution is 2.48. The van der Waals surface area contributed by atoms with E-state index in [0.717, 1.165) is 25.7 Å². The SMILES string of the molecule is CCC1CCCC(C#N)(C2CCS(=O)(=O)C2)C1. The summed E-state index contributed by atoms with van der Waals surface area (Å²) in [6, 6.07) is 2.50. The lowest BCUT2D eigenvalue weighted by Gasteiger charge is -2.39. The summed E-state index contributed by atoms with van der Waals surface area (Å²) in [7, 11) is -2.87. The van der Waals surface area contributed by atoms with E-state index in [1.54, 1.807) is 0 Å². The molecule has 0 aromatic heterocycles. The van der Waals surface area contributed by atoms with Crippen LogP contribution in [0.2, 0.25) is 0 Å². The Kier molecular flexibility index (Phi) is 3.49. The fourth-order valence-electron chi connectivity index (χ4n) is 3.57. The fraction of sp³-hybridized carbons (Fsp3) is 0.923. The van der Waals surface area contributed by atoms with Gasteiger partial charge in [0, 0.05) is 0 Å². The van der Waals surface area contributed by atoms with Crippen molar-refractivity contribution in [2.75, 3.05) is 11.5 Å². The molecule has 3 nitrogen and oxygen atoms in total. The molecule has 4 heteroatoms. The maximum absolute atomic E-state index is 11.6. The van der Waals surface area contributed by atoms with E-state index in [4.69, 9.17) is 0 Å². The van der Waals surface area contributed by atoms with Crippen LogP contribution >= 0.6 is 0 Å². The molecule has 2 fully saturated rings. The van der Waals surface area contributed by atoms with Crippen molar-refractivity contribution in [2.45, 2.75) is 45.4 Å². The van der Waals surface area contributed by atoms with Gasteiger partial charge in [-0.05, 0) is 31.1 Å². The van der Waals surface area contributed by atoms with Crippen molar-refractivity contribution in [3.8, 4) is 6.07 Å². The van der Waals surface area contributed by atoms with Crippen LogP contribution in [0.5, 0.6) is 0 Å². The smallest absolute Gasteiger partial charge is 0.150 e. The summed E-state index contributed by atoms with van der Waals surface area (Å²) in [5.41, 5.74) is -0.345. The Labute approximate surface area is 104 Å². The van der Waals surface area contributed by atoms with Crippen LogP contribution in [0.1, 0.15) is 45.4 Å². The molecule has 2 aliphatic rings. The van der Waals surface area contributed by atoms with Gasteiger partial charge in [0.1, 0.15) is 0 Å². The second kappa shape index (κ2) is 4.61. The molecule has 1 aliphatic carbocycles. The van der Waals surface area contributed by atoms with Crippen LogP contribution in [0.3, 0.4) is 0 Å². The molecule has 3 unspecified atom stereocenters. The van der Waals surface area contributed by atoms with Gasteiger partial charge in [0.05, 0.1) is 23.0 Å². The predicted molar refractivity (Wildman–Crippen MR) is 67.1 cm³/mol. The lowest BCUT2D eigenvalue weighted by Crippen LogP contribution is -2.35. The quantitative estimate of drug-likeness (QED) is 0.762. The van der Waals surface area contributed by atoms with Gasteiger partial charge in [0.15, 0.2) is 9.84 Å². The largest absolute Gasteiger partial charge is 0.229 e. The van der Waals surface area contributed by atoms with Gasteiger partial charge >= 0.3 is 0 Å². The Balaban J connectivity index is 2.18. The lowest BCUT2D eigenvalue weighted by molar-refractivity contribution is 0.133. The summed E-state index contributed by atoms with van der Waals surface area (Å²) in [5, 5.41) is 9.54. The summed E-state index contributed by atoms with van der Waals surface area (Å²) in [4.78, 5) is 0. The Morgan fingerprint density at radius 1 is 1.41 bits per heavy atom. The molecular formula is C13H21NO2S. The van der Waals surface area contributed by atoms with E-state index in [0.29, 0.717) is 12.3 Å². The highest BCUT2D eigenvalue weighted by Gasteiger charge is 2.47. The first-order chi connectivity index (χ1) is 8.01. The number of nitriles is 1. The zero-order valence-corrected chi connectivity index (χ0v) is 11.3. The van der Waals surface area contributed by atoms with E-state index in [-0.39, 0.29) is 22.8 Å². The molecule has 2 rings (SSSR count). The third-order valence-corrected chi connectivity index (χ3v) is 6.47. The Morgan fingerprint density at radius 3 is 2.71 bits per heavy atom. The highest BCUT2D eigenvalue weighted by molar-refractivity contribution is 7.91. The molecule has 1 saturated carbocycles. The number of sulfone groups is 1. The Morgan fingerprint density at radius 2 is 2.18 bits per heavy atom. The van der Waals surface area contributed by atoms with E-state index >= 15 is 0 Å². The van der Waals surface area contributed by atoms with Crippen molar-refractivity contribution in [2.24, 2.45) is 17.3 Å². The van der Waals surface area contributed by atoms with E-state index in [9.17, 15) is 13.7 Å². The molecule has 0 N–H and O–H groups in total. The zero-order chi connectivity index (χ0) is 12.5. The normalized spacial score (nSPS) is 40.9. The van der Waals surface area contributed by atoms with Gasteiger partial charge < -0.3 is 0 Å². The number of rotatable bonds is 2. The zero-order valence-electron chi connectivity index (χ0n) is 10.5. The topological polar surface area (TPSA) is 57.9 Å². The second-order valence-electron chi connectivity index (χ2n) is 5.74. The van der Waals surface area contributed by atoms with Gasteiger partial charge in [-0.2, -0.15) is 5.26 Å². The molecule has 1 aliphatic heterocycles. The summed E-state index contributed by atoms with van der Waals surface area (Å²) >= 11 is 0. The molecule has 0 amide bonds. The molecule has 0 spiro atoms. The van der Waals surface area contributed by atoms with E-state index in [2.05, 4.69) is 13.0 Å². The van der Waals surface area contributed by atoms with E-state index < -0.39 is 9.84 Å². The van der Waals surface area contributed by atoms with Crippen molar-refractivity contribution in [1.82, 2.24) is 0 Å². The average Bonchev–Trinajstić information content (AvgIpc) is 2.70. The number of nitrogens with zero attached hydrogens (tertiary/aromatic N) is 1. The van der Waals surface area contributed by atoms with Crippen LogP contribution in [0.15, 0.2) is 0 Å². The molecule has 0 aromatic rings. The molecule has 1 saturated heterocycles. The summed E-state index contributed by atoms with van der Waals surface area (Å²) in [6.07, 6.45) is 5.93. The minimum atomic E-state index is -2.87. The minimum Gasteiger partial charge on any atom is -0.229 e. The van der Waals surface area contributed by atoms with Crippen molar-refractivity contribution in [1.29, 1.82) is 5.26 Å². The van der Waals surface area contributed by atoms with Crippen molar-refractivity contribution >= 4 is 9.84 Å². The van der Waals surface area contributed by atoms with Crippen LogP contribution in [0.25, 0.3) is 0 Å². The molecular weight excluding hydrogens is 234 g/mol. The highest BCUT2D eigenvalue weighted by atomic mass is 32.2. The van der Waals surface area contributed by atoms with E-state index in [1.807, 2.05) is 0 Å². The Hall–Kier alpha value is -0.560. The average molecular weight is 255 g/mol. The molecule has 3 atom stereocenters. The van der Waals surface area contributed by atoms with Crippen molar-refractivity contribution < 1.29 is 8.42 Å². The maximum Gasteiger partial charge on any atom is 0.150 e. The van der Waals surface area contributed by atoms with Gasteiger partial charge in [-0.3, -0.25) is 0 Å². The van der Waals surface area contributed by atoms with E-state index in [1.165, 1.54) is 6.42 Å². The van der Waals surface area contributed by atoms with Crippen LogP contribution < -0.4 is 0 Å². The van der Waals surface area contributed by atoms with Crippen molar-refractivity contribution in [3.63, 3.8) is 0 Å². The number of hydrogen-bond acceptors (Lipinski definition) is 3. The fourth-order valence-corrected chi connectivity index (χ4v) is 5.48. The van der Waals surface area contributed by atoms with Crippen LogP contribution in [-0.2, 0) is 9.84 Å². The third-order valence-electron chi connectivity index (χ3n) is 4.70. The molecule has 0 bridgehead atoms. The van der Waals surface area contributed by atoms with Gasteiger partial charge in [-0.1, -0.05) is 26.2 Å². The standard InChI is InChI=1S/C13H21NO2S/c1-2-11-4-3-6-13(8-11,10-14)12-5-7-17(15,16)9-12/h11-12H,2-9H2,1H3. The monoisotopic (exact) mass is 255 g/mol. The predicted octanol–water partition coefficient (Wildman–Crippen LogP) is 2.53. The van der Waals surface area contributed by atoms with Crippen molar-refractivity contribution in [3.05, 3.63) is 0 Å². The van der Waals surface area contributed by atoms with Gasteiger partial charge in [-0.15, -0.1) is 0 Å². The summed E-state index contributed by atoms with van der Waals surface area (Å²) in [6.45, 7) is 2.17. The van der Waals surface area contributed by atoms with Crippen LogP contribution in [0.4, 0.5) is 0 Å². The molecule has 0 aromatic carbocycles. The van der Waals surface area contributed by atoms with Gasteiger partial charge in [0.25, 0.3) is 0 Å². The lowest BCUT2D eigenvalue weighted by atomic mass is 9.63. The summed E-state index contributed by atoms with van der Waals surface area (Å²) < 4.78 is 23.2. The Bertz CT molecular complexity index is 423. The minimum absolute atomic E-state index is 0.0897. The molecule has 96 valence electrons. The number of hydrogen-bond donors (Lipinski definition) is 0. The van der Waals surface area contributed by atoms with Crippen LogP contribution in [0, 0.1) is 28.6 Å². The second-order valence-corrected chi connectivity index (χ2v) is 7.97. The molecule has 17 heavy (non-hydrogen) atoms. The van der Waals surface area contributed by atoms with Crippen LogP contribution in [-0.4, -0.2) is 19.9 Å². The van der Waals surface area contributed by atoms with Gasteiger partial charge in [-0.25, -0.2) is 8.42 Å². The first kappa shape index (κ1) is 12.9. The molecule has 0 radical (unpaired) electrons. The maximum atomic E-state index is 11.6.